The van der Waals surface area contributed by atoms with Gasteiger partial charge in [-0.1, -0.05) is 43.6 Å². The minimum atomic E-state index is -0.510. The third-order valence-electron chi connectivity index (χ3n) is 5.28. The Morgan fingerprint density at radius 2 is 2.06 bits per heavy atom. The Hall–Kier alpha value is -2.97. The summed E-state index contributed by atoms with van der Waals surface area (Å²) in [6.07, 6.45) is 3.95. The number of nitrogens with one attached hydrogen (secondary N) is 3. The van der Waals surface area contributed by atoms with Crippen LogP contribution in [-0.2, 0) is 14.3 Å². The first kappa shape index (κ1) is 21.3. The number of H-pyrrole nitrogens is 1. The summed E-state index contributed by atoms with van der Waals surface area (Å²) in [5, 5.41) is 7.95. The molecule has 4 rings (SSSR count). The Kier molecular flexibility index (Phi) is 6.20. The van der Waals surface area contributed by atoms with Crippen molar-refractivity contribution in [2.75, 3.05) is 18.4 Å². The minimum absolute atomic E-state index is 0.0996. The predicted octanol–water partition coefficient (Wildman–Crippen LogP) is 3.39. The highest BCUT2D eigenvalue weighted by Crippen LogP contribution is 2.32. The molecule has 1 aliphatic rings. The Morgan fingerprint density at radius 3 is 2.87 bits per heavy atom. The van der Waals surface area contributed by atoms with Crippen LogP contribution in [0.5, 0.6) is 0 Å². The molecular weight excluding hydrogens is 418 g/mol. The van der Waals surface area contributed by atoms with Gasteiger partial charge in [0.15, 0.2) is 0 Å². The Labute approximate surface area is 184 Å². The lowest BCUT2D eigenvalue weighted by Gasteiger charge is -2.29. The predicted molar refractivity (Wildman–Crippen MR) is 119 cm³/mol. The van der Waals surface area contributed by atoms with Gasteiger partial charge in [-0.3, -0.25) is 9.59 Å². The van der Waals surface area contributed by atoms with Gasteiger partial charge >= 0.3 is 11.9 Å². The molecule has 1 saturated heterocycles. The SMILES string of the molecule is CC(C)C(=O)OC(=O)C1CNCC(Nc2ncc(Cl)c(-c3c[nH]c4ccccc34)n2)C1. The molecular formula is C22H24ClN5O3. The first-order valence-corrected chi connectivity index (χ1v) is 10.6. The molecule has 2 atom stereocenters. The van der Waals surface area contributed by atoms with Crippen molar-refractivity contribution in [2.45, 2.75) is 26.3 Å². The minimum Gasteiger partial charge on any atom is -0.393 e. The van der Waals surface area contributed by atoms with Gasteiger partial charge in [0.2, 0.25) is 5.95 Å². The maximum atomic E-state index is 12.3. The van der Waals surface area contributed by atoms with E-state index in [-0.39, 0.29) is 12.0 Å². The normalized spacial score (nSPS) is 18.8. The van der Waals surface area contributed by atoms with E-state index in [1.165, 1.54) is 0 Å². The first-order chi connectivity index (χ1) is 14.9. The topological polar surface area (TPSA) is 109 Å². The Balaban J connectivity index is 1.49. The van der Waals surface area contributed by atoms with Crippen molar-refractivity contribution in [3.8, 4) is 11.3 Å². The maximum Gasteiger partial charge on any atom is 0.317 e. The van der Waals surface area contributed by atoms with Crippen LogP contribution in [0.25, 0.3) is 22.2 Å². The number of esters is 2. The monoisotopic (exact) mass is 441 g/mol. The summed E-state index contributed by atoms with van der Waals surface area (Å²) in [5.74, 6) is -1.36. The van der Waals surface area contributed by atoms with E-state index < -0.39 is 17.9 Å². The fourth-order valence-electron chi connectivity index (χ4n) is 3.61. The molecule has 3 N–H and O–H groups in total. The number of hydrogen-bond donors (Lipinski definition) is 3. The highest BCUT2D eigenvalue weighted by molar-refractivity contribution is 6.33. The number of carbonyl (C=O) groups excluding carboxylic acids is 2. The molecule has 0 saturated carbocycles. The van der Waals surface area contributed by atoms with Crippen molar-refractivity contribution in [3.63, 3.8) is 0 Å². The Morgan fingerprint density at radius 1 is 1.26 bits per heavy atom. The van der Waals surface area contributed by atoms with Gasteiger partial charge in [-0.2, -0.15) is 0 Å². The van der Waals surface area contributed by atoms with E-state index in [1.54, 1.807) is 20.0 Å². The number of piperidine rings is 1. The summed E-state index contributed by atoms with van der Waals surface area (Å²) in [4.78, 5) is 36.2. The second-order valence-corrected chi connectivity index (χ2v) is 8.37. The van der Waals surface area contributed by atoms with Crippen LogP contribution in [0, 0.1) is 11.8 Å². The summed E-state index contributed by atoms with van der Waals surface area (Å²) in [7, 11) is 0. The molecule has 2 unspecified atom stereocenters. The van der Waals surface area contributed by atoms with E-state index in [1.807, 2.05) is 30.5 Å². The molecule has 0 spiro atoms. The van der Waals surface area contributed by atoms with Gasteiger partial charge in [-0.15, -0.1) is 0 Å². The zero-order chi connectivity index (χ0) is 22.0. The first-order valence-electron chi connectivity index (χ1n) is 10.2. The van der Waals surface area contributed by atoms with Gasteiger partial charge in [0, 0.05) is 41.8 Å². The van der Waals surface area contributed by atoms with E-state index in [2.05, 4.69) is 25.6 Å². The van der Waals surface area contributed by atoms with Gasteiger partial charge < -0.3 is 20.4 Å². The molecule has 9 heteroatoms. The van der Waals surface area contributed by atoms with E-state index in [0.717, 1.165) is 16.5 Å². The summed E-state index contributed by atoms with van der Waals surface area (Å²) < 4.78 is 4.98. The lowest BCUT2D eigenvalue weighted by Crippen LogP contribution is -2.46. The summed E-state index contributed by atoms with van der Waals surface area (Å²) in [6, 6.07) is 7.82. The number of nitrogens with zero attached hydrogens (tertiary/aromatic N) is 2. The number of ether oxygens (including phenoxy) is 1. The second kappa shape index (κ2) is 9.03. The number of aromatic nitrogens is 3. The van der Waals surface area contributed by atoms with Crippen molar-refractivity contribution in [3.05, 3.63) is 41.7 Å². The number of carbonyl (C=O) groups is 2. The van der Waals surface area contributed by atoms with Gasteiger partial charge in [-0.25, -0.2) is 9.97 Å². The Bertz CT molecular complexity index is 1110. The largest absolute Gasteiger partial charge is 0.393 e. The lowest BCUT2D eigenvalue weighted by molar-refractivity contribution is -0.165. The zero-order valence-electron chi connectivity index (χ0n) is 17.3. The number of aromatic amines is 1. The van der Waals surface area contributed by atoms with Crippen molar-refractivity contribution in [2.24, 2.45) is 11.8 Å². The molecule has 3 aromatic rings. The van der Waals surface area contributed by atoms with Crippen molar-refractivity contribution >= 4 is 40.4 Å². The fourth-order valence-corrected chi connectivity index (χ4v) is 3.80. The zero-order valence-corrected chi connectivity index (χ0v) is 18.1. The smallest absolute Gasteiger partial charge is 0.317 e. The van der Waals surface area contributed by atoms with Gasteiger partial charge in [0.05, 0.1) is 28.7 Å². The fraction of sp³-hybridized carbons (Fsp3) is 0.364. The van der Waals surface area contributed by atoms with Gasteiger partial charge in [0.1, 0.15) is 0 Å². The number of para-hydroxylation sites is 1. The molecule has 3 heterocycles. The van der Waals surface area contributed by atoms with Crippen LogP contribution in [-0.4, -0.2) is 46.0 Å². The van der Waals surface area contributed by atoms with Crippen molar-refractivity contribution in [1.29, 1.82) is 0 Å². The van der Waals surface area contributed by atoms with Gasteiger partial charge in [-0.05, 0) is 12.5 Å². The molecule has 1 aromatic carbocycles. The van der Waals surface area contributed by atoms with E-state index in [9.17, 15) is 9.59 Å². The molecule has 0 amide bonds. The molecule has 0 bridgehead atoms. The summed E-state index contributed by atoms with van der Waals surface area (Å²) in [5.41, 5.74) is 2.51. The summed E-state index contributed by atoms with van der Waals surface area (Å²) in [6.45, 7) is 4.49. The van der Waals surface area contributed by atoms with Crippen LogP contribution in [0.2, 0.25) is 5.02 Å². The van der Waals surface area contributed by atoms with Crippen LogP contribution in [0.3, 0.4) is 0 Å². The van der Waals surface area contributed by atoms with E-state index in [4.69, 9.17) is 16.3 Å². The molecule has 0 radical (unpaired) electrons. The molecule has 0 aliphatic carbocycles. The van der Waals surface area contributed by atoms with Gasteiger partial charge in [0.25, 0.3) is 0 Å². The number of fused-ring (bicyclic) bond motifs is 1. The number of halogens is 1. The maximum absolute atomic E-state index is 12.3. The van der Waals surface area contributed by atoms with Crippen LogP contribution in [0.4, 0.5) is 5.95 Å². The molecule has 1 fully saturated rings. The number of anilines is 1. The summed E-state index contributed by atoms with van der Waals surface area (Å²) >= 11 is 6.40. The highest BCUT2D eigenvalue weighted by atomic mass is 35.5. The van der Waals surface area contributed by atoms with E-state index in [0.29, 0.717) is 36.2 Å². The molecule has 8 nitrogen and oxygen atoms in total. The molecule has 31 heavy (non-hydrogen) atoms. The average molecular weight is 442 g/mol. The molecule has 1 aliphatic heterocycles. The van der Waals surface area contributed by atoms with Crippen LogP contribution in [0.1, 0.15) is 20.3 Å². The molecule has 162 valence electrons. The lowest BCUT2D eigenvalue weighted by atomic mass is 9.96. The van der Waals surface area contributed by atoms with Crippen LogP contribution >= 0.6 is 11.6 Å². The average Bonchev–Trinajstić information content (AvgIpc) is 3.19. The number of hydrogen-bond acceptors (Lipinski definition) is 7. The third-order valence-corrected chi connectivity index (χ3v) is 5.55. The third kappa shape index (κ3) is 4.70. The standard InChI is InChI=1S/C22H24ClN5O3/c1-12(2)20(29)31-21(30)13-7-14(9-24-8-13)27-22-26-11-17(23)19(28-22)16-10-25-18-6-4-3-5-15(16)18/h3-6,10-14,24-25H,7-9H2,1-2H3,(H,26,27,28). The van der Waals surface area contributed by atoms with Crippen LogP contribution < -0.4 is 10.6 Å². The van der Waals surface area contributed by atoms with Crippen molar-refractivity contribution < 1.29 is 14.3 Å². The van der Waals surface area contributed by atoms with Crippen molar-refractivity contribution in [1.82, 2.24) is 20.3 Å². The number of benzene rings is 1. The molecule has 2 aromatic heterocycles. The highest BCUT2D eigenvalue weighted by Gasteiger charge is 2.30. The quantitative estimate of drug-likeness (QED) is 0.411. The van der Waals surface area contributed by atoms with Crippen LogP contribution in [0.15, 0.2) is 36.7 Å². The number of rotatable bonds is 5. The van der Waals surface area contributed by atoms with E-state index >= 15 is 0 Å². The second-order valence-electron chi connectivity index (χ2n) is 7.97.